The topological polar surface area (TPSA) is 24.9 Å². The maximum atomic E-state index is 5.66. The zero-order valence-electron chi connectivity index (χ0n) is 13.5. The molecule has 0 aromatic rings. The van der Waals surface area contributed by atoms with E-state index < -0.39 is 0 Å². The van der Waals surface area contributed by atoms with Crippen molar-refractivity contribution >= 4 is 0 Å². The molecule has 0 aromatic heterocycles. The van der Waals surface area contributed by atoms with E-state index in [4.69, 9.17) is 9.47 Å². The number of ether oxygens (including phenoxy) is 2. The summed E-state index contributed by atoms with van der Waals surface area (Å²) in [4.78, 5) is 5.34. The standard InChI is InChI=1S/C16H32N2O2/c1-4-19-16(20-5-2)9-11-17-13-15-8-6-7-10-18(15)12-14(17)3/h14-16H,4-13H2,1-3H3. The van der Waals surface area contributed by atoms with Crippen LogP contribution >= 0.6 is 0 Å². The second kappa shape index (κ2) is 8.32. The van der Waals surface area contributed by atoms with Crippen molar-refractivity contribution < 1.29 is 9.47 Å². The fraction of sp³-hybridized carbons (Fsp3) is 1.00. The van der Waals surface area contributed by atoms with Crippen molar-refractivity contribution in [2.24, 2.45) is 0 Å². The molecular weight excluding hydrogens is 252 g/mol. The van der Waals surface area contributed by atoms with Gasteiger partial charge in [-0.1, -0.05) is 6.42 Å². The fourth-order valence-electron chi connectivity index (χ4n) is 3.58. The van der Waals surface area contributed by atoms with Crippen molar-refractivity contribution in [3.05, 3.63) is 0 Å². The van der Waals surface area contributed by atoms with E-state index in [-0.39, 0.29) is 6.29 Å². The van der Waals surface area contributed by atoms with E-state index in [9.17, 15) is 0 Å². The van der Waals surface area contributed by atoms with E-state index in [2.05, 4.69) is 16.7 Å². The molecule has 0 amide bonds. The Morgan fingerprint density at radius 2 is 1.85 bits per heavy atom. The molecule has 4 nitrogen and oxygen atoms in total. The molecule has 0 radical (unpaired) electrons. The monoisotopic (exact) mass is 284 g/mol. The van der Waals surface area contributed by atoms with Gasteiger partial charge >= 0.3 is 0 Å². The van der Waals surface area contributed by atoms with Gasteiger partial charge in [0.05, 0.1) is 0 Å². The predicted molar refractivity (Wildman–Crippen MR) is 81.9 cm³/mol. The van der Waals surface area contributed by atoms with Crippen molar-refractivity contribution in [3.63, 3.8) is 0 Å². The summed E-state index contributed by atoms with van der Waals surface area (Å²) < 4.78 is 11.3. The molecule has 2 heterocycles. The van der Waals surface area contributed by atoms with E-state index in [1.165, 1.54) is 38.9 Å². The lowest BCUT2D eigenvalue weighted by Gasteiger charge is -2.47. The smallest absolute Gasteiger partial charge is 0.158 e. The molecule has 2 rings (SSSR count). The molecule has 0 spiro atoms. The third kappa shape index (κ3) is 4.42. The SMILES string of the molecule is CCOC(CCN1CC2CCCCN2CC1C)OCC. The van der Waals surface area contributed by atoms with Gasteiger partial charge in [-0.25, -0.2) is 0 Å². The van der Waals surface area contributed by atoms with Gasteiger partial charge in [-0.3, -0.25) is 9.80 Å². The zero-order chi connectivity index (χ0) is 14.4. The molecule has 20 heavy (non-hydrogen) atoms. The number of fused-ring (bicyclic) bond motifs is 1. The molecule has 2 atom stereocenters. The molecule has 2 aliphatic heterocycles. The Morgan fingerprint density at radius 1 is 1.10 bits per heavy atom. The van der Waals surface area contributed by atoms with E-state index >= 15 is 0 Å². The van der Waals surface area contributed by atoms with Crippen LogP contribution in [0.4, 0.5) is 0 Å². The number of hydrogen-bond donors (Lipinski definition) is 0. The van der Waals surface area contributed by atoms with Crippen LogP contribution in [0.2, 0.25) is 0 Å². The molecule has 0 saturated carbocycles. The van der Waals surface area contributed by atoms with Crippen molar-refractivity contribution in [1.82, 2.24) is 9.80 Å². The van der Waals surface area contributed by atoms with Gasteiger partial charge in [-0.15, -0.1) is 0 Å². The molecule has 0 aromatic carbocycles. The first kappa shape index (κ1) is 16.2. The second-order valence-electron chi connectivity index (χ2n) is 6.12. The van der Waals surface area contributed by atoms with Gasteiger partial charge in [0, 0.05) is 51.4 Å². The zero-order valence-corrected chi connectivity index (χ0v) is 13.5. The fourth-order valence-corrected chi connectivity index (χ4v) is 3.58. The minimum atomic E-state index is -0.0263. The lowest BCUT2D eigenvalue weighted by molar-refractivity contribution is -0.144. The Hall–Kier alpha value is -0.160. The second-order valence-corrected chi connectivity index (χ2v) is 6.12. The van der Waals surface area contributed by atoms with Gasteiger partial charge in [0.2, 0.25) is 0 Å². The van der Waals surface area contributed by atoms with Gasteiger partial charge in [0.25, 0.3) is 0 Å². The summed E-state index contributed by atoms with van der Waals surface area (Å²) in [7, 11) is 0. The Balaban J connectivity index is 1.79. The molecule has 2 unspecified atom stereocenters. The van der Waals surface area contributed by atoms with Gasteiger partial charge in [-0.2, -0.15) is 0 Å². The van der Waals surface area contributed by atoms with Crippen LogP contribution in [0.3, 0.4) is 0 Å². The van der Waals surface area contributed by atoms with Crippen molar-refractivity contribution in [1.29, 1.82) is 0 Å². The summed E-state index contributed by atoms with van der Waals surface area (Å²) in [6, 6.07) is 1.45. The lowest BCUT2D eigenvalue weighted by Crippen LogP contribution is -2.58. The summed E-state index contributed by atoms with van der Waals surface area (Å²) in [5.41, 5.74) is 0. The molecule has 2 aliphatic rings. The molecule has 118 valence electrons. The van der Waals surface area contributed by atoms with Crippen LogP contribution in [0.15, 0.2) is 0 Å². The van der Waals surface area contributed by atoms with Crippen LogP contribution in [-0.4, -0.2) is 67.6 Å². The minimum absolute atomic E-state index is 0.0263. The third-order valence-electron chi connectivity index (χ3n) is 4.67. The van der Waals surface area contributed by atoms with Gasteiger partial charge in [0.15, 0.2) is 6.29 Å². The third-order valence-corrected chi connectivity index (χ3v) is 4.67. The maximum Gasteiger partial charge on any atom is 0.158 e. The highest BCUT2D eigenvalue weighted by atomic mass is 16.7. The van der Waals surface area contributed by atoms with E-state index in [1.54, 1.807) is 0 Å². The van der Waals surface area contributed by atoms with Crippen LogP contribution in [0.25, 0.3) is 0 Å². The molecule has 4 heteroatoms. The Bertz CT molecular complexity index is 269. The first-order valence-corrected chi connectivity index (χ1v) is 8.45. The molecule has 0 N–H and O–H groups in total. The van der Waals surface area contributed by atoms with Crippen molar-refractivity contribution in [2.75, 3.05) is 39.4 Å². The maximum absolute atomic E-state index is 5.66. The summed E-state index contributed by atoms with van der Waals surface area (Å²) in [5, 5.41) is 0. The highest BCUT2D eigenvalue weighted by molar-refractivity contribution is 4.89. The lowest BCUT2D eigenvalue weighted by atomic mass is 9.97. The summed E-state index contributed by atoms with van der Waals surface area (Å²) in [5.74, 6) is 0. The predicted octanol–water partition coefficient (Wildman–Crippen LogP) is 2.33. The normalized spacial score (nSPS) is 28.8. The summed E-state index contributed by atoms with van der Waals surface area (Å²) in [6.45, 7) is 12.8. The highest BCUT2D eigenvalue weighted by Gasteiger charge is 2.32. The van der Waals surface area contributed by atoms with Crippen LogP contribution in [0.1, 0.15) is 46.5 Å². The summed E-state index contributed by atoms with van der Waals surface area (Å²) >= 11 is 0. The largest absolute Gasteiger partial charge is 0.353 e. The number of rotatable bonds is 7. The highest BCUT2D eigenvalue weighted by Crippen LogP contribution is 2.24. The average molecular weight is 284 g/mol. The number of nitrogens with zero attached hydrogens (tertiary/aromatic N) is 2. The van der Waals surface area contributed by atoms with Crippen molar-refractivity contribution in [2.45, 2.75) is 64.8 Å². The Morgan fingerprint density at radius 3 is 2.55 bits per heavy atom. The van der Waals surface area contributed by atoms with Gasteiger partial charge in [-0.05, 0) is 40.2 Å². The van der Waals surface area contributed by atoms with Gasteiger partial charge < -0.3 is 9.47 Å². The van der Waals surface area contributed by atoms with E-state index in [1.807, 2.05) is 13.8 Å². The number of piperazine rings is 1. The van der Waals surface area contributed by atoms with Gasteiger partial charge in [0.1, 0.15) is 0 Å². The molecule has 0 bridgehead atoms. The van der Waals surface area contributed by atoms with E-state index in [0.717, 1.165) is 32.2 Å². The molecule has 2 fully saturated rings. The van der Waals surface area contributed by atoms with Crippen LogP contribution < -0.4 is 0 Å². The minimum Gasteiger partial charge on any atom is -0.353 e. The van der Waals surface area contributed by atoms with Crippen LogP contribution in [0, 0.1) is 0 Å². The quantitative estimate of drug-likeness (QED) is 0.670. The van der Waals surface area contributed by atoms with Crippen LogP contribution in [-0.2, 0) is 9.47 Å². The van der Waals surface area contributed by atoms with E-state index in [0.29, 0.717) is 6.04 Å². The van der Waals surface area contributed by atoms with Crippen molar-refractivity contribution in [3.8, 4) is 0 Å². The number of hydrogen-bond acceptors (Lipinski definition) is 4. The summed E-state index contributed by atoms with van der Waals surface area (Å²) in [6.07, 6.45) is 5.13. The molecule has 2 saturated heterocycles. The first-order chi connectivity index (χ1) is 9.74. The Kier molecular flexibility index (Phi) is 6.75. The molecule has 0 aliphatic carbocycles. The van der Waals surface area contributed by atoms with Crippen LogP contribution in [0.5, 0.6) is 0 Å². The molecular formula is C16H32N2O2. The Labute approximate surface area is 124 Å². The number of piperidine rings is 1. The first-order valence-electron chi connectivity index (χ1n) is 8.45. The average Bonchev–Trinajstić information content (AvgIpc) is 2.45.